The van der Waals surface area contributed by atoms with Crippen molar-refractivity contribution in [3.05, 3.63) is 77.1 Å². The van der Waals surface area contributed by atoms with Crippen LogP contribution in [0.1, 0.15) is 143 Å². The quantitative estimate of drug-likeness (QED) is 0.102. The van der Waals surface area contributed by atoms with Crippen LogP contribution in [0.25, 0.3) is 0 Å². The molecule has 7 rings (SSSR count). The van der Waals surface area contributed by atoms with Crippen LogP contribution in [-0.2, 0) is 34.4 Å². The van der Waals surface area contributed by atoms with E-state index in [0.717, 1.165) is 63.4 Å². The number of aliphatic hydroxyl groups excluding tert-OH is 1. The van der Waals surface area contributed by atoms with Gasteiger partial charge in [0.25, 0.3) is 0 Å². The molecule has 4 N–H and O–H groups in total. The van der Waals surface area contributed by atoms with Crippen LogP contribution in [0.3, 0.4) is 0 Å². The van der Waals surface area contributed by atoms with Gasteiger partial charge in [-0.1, -0.05) is 78.3 Å². The molecule has 2 amide bonds. The average Bonchev–Trinajstić information content (AvgIpc) is 3.23. The van der Waals surface area contributed by atoms with E-state index >= 15 is 0 Å². The number of benzene rings is 2. The summed E-state index contributed by atoms with van der Waals surface area (Å²) in [4.78, 5) is 41.7. The molecule has 5 aliphatic rings. The Balaban J connectivity index is 0.933. The van der Waals surface area contributed by atoms with E-state index in [1.165, 1.54) is 17.7 Å². The Bertz CT molecular complexity index is 2140. The summed E-state index contributed by atoms with van der Waals surface area (Å²) in [6.45, 7) is 20.8. The van der Waals surface area contributed by atoms with Crippen LogP contribution < -0.4 is 16.0 Å². The summed E-state index contributed by atoms with van der Waals surface area (Å²) >= 11 is 0. The van der Waals surface area contributed by atoms with Crippen LogP contribution in [0, 0.1) is 56.1 Å². The molecule has 2 aromatic rings. The molecule has 0 aromatic heterocycles. The van der Waals surface area contributed by atoms with Gasteiger partial charge >= 0.3 is 7.60 Å². The number of nitrogens with one attached hydrogen (secondary N) is 3. The van der Waals surface area contributed by atoms with Crippen molar-refractivity contribution in [2.24, 2.45) is 50.2 Å². The summed E-state index contributed by atoms with van der Waals surface area (Å²) in [6.07, 6.45) is 10.7. The van der Waals surface area contributed by atoms with Crippen molar-refractivity contribution in [1.29, 1.82) is 0 Å². The molecule has 5 aliphatic carbocycles. The Hall–Kier alpha value is -3.37. The highest BCUT2D eigenvalue weighted by Crippen LogP contribution is 2.75. The monoisotopic (exact) mass is 904 g/mol. The zero-order valence-electron chi connectivity index (χ0n) is 39.9. The highest BCUT2D eigenvalue weighted by Gasteiger charge is 2.70. The number of amides is 2. The maximum Gasteiger partial charge on any atom is 0.357 e. The standard InChI is InChI=1S/C52H75FN3O7P/c1-10-62-64(61,63-11-2)45(35-15-17-36(53)18-16-35)56-37-19-13-34(14-20-37)31-43(59)54-29-12-30-55-46(60)49(6)26-25-48(5)27-28-51(8)38(39(48)33-49)32-40(57)44-50(7)23-22-42(58)47(3,4)41(50)21-24-52(44,51)9/h13-20,32,39,41-42,44-45,56,58H,10-12,21-31,33H2,1-9H3,(H,54,59)(H,55,60)/t39-,41-,42-,44+,45?,48+,49-,50-,51+,52+/m0/s1. The number of carbonyl (C=O) groups is 3. The fraction of sp³-hybridized carbons (Fsp3) is 0.673. The van der Waals surface area contributed by atoms with Gasteiger partial charge in [0, 0.05) is 30.1 Å². The van der Waals surface area contributed by atoms with Crippen LogP contribution in [0.5, 0.6) is 0 Å². The summed E-state index contributed by atoms with van der Waals surface area (Å²) in [7, 11) is -3.68. The van der Waals surface area contributed by atoms with Crippen molar-refractivity contribution in [3.8, 4) is 0 Å². The molecule has 352 valence electrons. The van der Waals surface area contributed by atoms with E-state index in [0.29, 0.717) is 36.7 Å². The van der Waals surface area contributed by atoms with Crippen LogP contribution in [0.2, 0.25) is 0 Å². The molecule has 0 bridgehead atoms. The van der Waals surface area contributed by atoms with Gasteiger partial charge in [-0.05, 0) is 158 Å². The largest absolute Gasteiger partial charge is 0.393 e. The topological polar surface area (TPSA) is 143 Å². The number of aliphatic hydroxyl groups is 1. The maximum atomic E-state index is 14.7. The molecular formula is C52H75FN3O7P. The third kappa shape index (κ3) is 8.58. The zero-order chi connectivity index (χ0) is 46.5. The van der Waals surface area contributed by atoms with Gasteiger partial charge < -0.3 is 30.1 Å². The number of anilines is 1. The summed E-state index contributed by atoms with van der Waals surface area (Å²) in [5.41, 5.74) is 2.04. The third-order valence-electron chi connectivity index (χ3n) is 17.8. The predicted molar refractivity (Wildman–Crippen MR) is 250 cm³/mol. The molecule has 0 heterocycles. The van der Waals surface area contributed by atoms with E-state index in [1.54, 1.807) is 38.1 Å². The van der Waals surface area contributed by atoms with Gasteiger partial charge in [0.05, 0.1) is 25.7 Å². The lowest BCUT2D eigenvalue weighted by Crippen LogP contribution is -2.66. The molecule has 0 spiro atoms. The van der Waals surface area contributed by atoms with E-state index < -0.39 is 24.6 Å². The SMILES string of the molecule is CCOP(=O)(OCC)C(Nc1ccc(CC(=O)NCCCNC(=O)[C@@]2(C)CC[C@]3(C)CC[C@]4(C)C(=CC(=O)[C@@H]5[C@@]6(C)CC[C@H](O)C(C)(C)[C@@H]6CC[C@]54C)[C@@H]3C2)cc1)c1ccc(F)cc1. The van der Waals surface area contributed by atoms with Crippen molar-refractivity contribution in [2.45, 2.75) is 145 Å². The first kappa shape index (κ1) is 48.6. The maximum absolute atomic E-state index is 14.7. The number of ketones is 1. The second kappa shape index (κ2) is 18.0. The number of hydrogen-bond donors (Lipinski definition) is 4. The van der Waals surface area contributed by atoms with E-state index in [4.69, 9.17) is 9.05 Å². The first-order valence-electron chi connectivity index (χ1n) is 24.1. The van der Waals surface area contributed by atoms with Gasteiger partial charge in [-0.2, -0.15) is 0 Å². The van der Waals surface area contributed by atoms with Gasteiger partial charge in [0.1, 0.15) is 5.82 Å². The summed E-state index contributed by atoms with van der Waals surface area (Å²) in [5, 5.41) is 20.5. The molecule has 0 radical (unpaired) electrons. The van der Waals surface area contributed by atoms with E-state index in [9.17, 15) is 28.4 Å². The van der Waals surface area contributed by atoms with Gasteiger partial charge in [0.2, 0.25) is 11.8 Å². The number of carbonyl (C=O) groups excluding carboxylic acids is 3. The highest BCUT2D eigenvalue weighted by molar-refractivity contribution is 7.54. The minimum absolute atomic E-state index is 0.0391. The molecule has 0 saturated heterocycles. The average molecular weight is 904 g/mol. The number of halogens is 1. The second-order valence-corrected chi connectivity index (χ2v) is 24.0. The van der Waals surface area contributed by atoms with Crippen LogP contribution >= 0.6 is 7.60 Å². The molecular weight excluding hydrogens is 829 g/mol. The number of fused-ring (bicyclic) bond motifs is 7. The number of rotatable bonds is 15. The lowest BCUT2D eigenvalue weighted by Gasteiger charge is -2.70. The molecule has 1 unspecified atom stereocenters. The molecule has 4 fully saturated rings. The predicted octanol–water partition coefficient (Wildman–Crippen LogP) is 10.7. The Morgan fingerprint density at radius 1 is 0.844 bits per heavy atom. The van der Waals surface area contributed by atoms with Gasteiger partial charge in [-0.15, -0.1) is 0 Å². The lowest BCUT2D eigenvalue weighted by molar-refractivity contribution is -0.202. The lowest BCUT2D eigenvalue weighted by atomic mass is 9.33. The minimum Gasteiger partial charge on any atom is -0.393 e. The Kier molecular flexibility index (Phi) is 13.7. The van der Waals surface area contributed by atoms with Crippen molar-refractivity contribution < 1.29 is 37.5 Å². The number of allylic oxidation sites excluding steroid dienone is 2. The van der Waals surface area contributed by atoms with Crippen molar-refractivity contribution in [2.75, 3.05) is 31.6 Å². The molecule has 10 nitrogen and oxygen atoms in total. The first-order valence-corrected chi connectivity index (χ1v) is 25.7. The third-order valence-corrected chi connectivity index (χ3v) is 20.1. The van der Waals surface area contributed by atoms with E-state index in [1.807, 2.05) is 12.1 Å². The fourth-order valence-corrected chi connectivity index (χ4v) is 15.7. The zero-order valence-corrected chi connectivity index (χ0v) is 40.8. The Morgan fingerprint density at radius 3 is 2.14 bits per heavy atom. The highest BCUT2D eigenvalue weighted by atomic mass is 31.2. The second-order valence-electron chi connectivity index (χ2n) is 21.9. The smallest absolute Gasteiger partial charge is 0.357 e. The van der Waals surface area contributed by atoms with Crippen LogP contribution in [-0.4, -0.2) is 55.1 Å². The fourth-order valence-electron chi connectivity index (χ4n) is 13.8. The van der Waals surface area contributed by atoms with Crippen molar-refractivity contribution in [3.63, 3.8) is 0 Å². The van der Waals surface area contributed by atoms with E-state index in [-0.39, 0.29) is 82.2 Å². The molecule has 4 saturated carbocycles. The molecule has 2 aromatic carbocycles. The molecule has 12 heteroatoms. The Morgan fingerprint density at radius 2 is 1.48 bits per heavy atom. The summed E-state index contributed by atoms with van der Waals surface area (Å²) in [6, 6.07) is 13.0. The van der Waals surface area contributed by atoms with E-state index in [2.05, 4.69) is 70.5 Å². The molecule has 64 heavy (non-hydrogen) atoms. The normalized spacial score (nSPS) is 34.8. The van der Waals surface area contributed by atoms with Crippen LogP contribution in [0.15, 0.2) is 60.2 Å². The van der Waals surface area contributed by atoms with Gasteiger partial charge in [-0.25, -0.2) is 4.39 Å². The Labute approximate surface area is 381 Å². The minimum atomic E-state index is -3.68. The molecule has 10 atom stereocenters. The summed E-state index contributed by atoms with van der Waals surface area (Å²) < 4.78 is 38.9. The van der Waals surface area contributed by atoms with Gasteiger partial charge in [0.15, 0.2) is 11.6 Å². The number of hydrogen-bond acceptors (Lipinski definition) is 8. The first-order chi connectivity index (χ1) is 30.1. The van der Waals surface area contributed by atoms with Crippen LogP contribution in [0.4, 0.5) is 10.1 Å². The summed E-state index contributed by atoms with van der Waals surface area (Å²) in [5.74, 6) is -0.730. The van der Waals surface area contributed by atoms with Crippen molar-refractivity contribution >= 4 is 30.9 Å². The molecule has 0 aliphatic heterocycles. The van der Waals surface area contributed by atoms with Gasteiger partial charge in [-0.3, -0.25) is 18.9 Å². The van der Waals surface area contributed by atoms with Crippen molar-refractivity contribution in [1.82, 2.24) is 10.6 Å².